The van der Waals surface area contributed by atoms with Crippen molar-refractivity contribution in [3.8, 4) is 11.5 Å². The Morgan fingerprint density at radius 1 is 1.24 bits per heavy atom. The van der Waals surface area contributed by atoms with Gasteiger partial charge in [-0.2, -0.15) is 0 Å². The van der Waals surface area contributed by atoms with Crippen molar-refractivity contribution < 1.29 is 4.74 Å². The maximum absolute atomic E-state index is 5.94. The Labute approximate surface area is 139 Å². The van der Waals surface area contributed by atoms with Gasteiger partial charge in [-0.05, 0) is 71.7 Å². The van der Waals surface area contributed by atoms with Crippen molar-refractivity contribution in [3.05, 3.63) is 57.5 Å². The van der Waals surface area contributed by atoms with Gasteiger partial charge in [0, 0.05) is 11.1 Å². The van der Waals surface area contributed by atoms with Crippen molar-refractivity contribution in [3.63, 3.8) is 0 Å². The van der Waals surface area contributed by atoms with Gasteiger partial charge >= 0.3 is 0 Å². The Hall–Kier alpha value is -1.03. The van der Waals surface area contributed by atoms with Crippen LogP contribution >= 0.6 is 27.5 Å². The number of ether oxygens (including phenoxy) is 1. The van der Waals surface area contributed by atoms with E-state index in [0.29, 0.717) is 11.1 Å². The molecule has 1 N–H and O–H groups in total. The SMILES string of the molecule is CCCNC(C)c1cccc(Oc2ccc(Cl)cc2Br)c1. The van der Waals surface area contributed by atoms with Gasteiger partial charge in [0.05, 0.1) is 4.47 Å². The molecule has 0 aromatic heterocycles. The third-order valence-corrected chi connectivity index (χ3v) is 4.04. The molecule has 0 bridgehead atoms. The molecule has 0 heterocycles. The standard InChI is InChI=1S/C17H19BrClNO/c1-3-9-20-12(2)13-5-4-6-15(10-13)21-17-8-7-14(19)11-16(17)18/h4-8,10-12,20H,3,9H2,1-2H3. The van der Waals surface area contributed by atoms with Crippen LogP contribution in [0.5, 0.6) is 11.5 Å². The molecule has 4 heteroatoms. The van der Waals surface area contributed by atoms with Gasteiger partial charge in [0.1, 0.15) is 11.5 Å². The minimum absolute atomic E-state index is 0.308. The second-order valence-electron chi connectivity index (χ2n) is 4.93. The molecule has 1 unspecified atom stereocenters. The van der Waals surface area contributed by atoms with Crippen LogP contribution in [-0.4, -0.2) is 6.54 Å². The Bertz CT molecular complexity index is 603. The second kappa shape index (κ2) is 7.83. The highest BCUT2D eigenvalue weighted by atomic mass is 79.9. The maximum atomic E-state index is 5.94. The van der Waals surface area contributed by atoms with Crippen LogP contribution in [0.3, 0.4) is 0 Å². The first kappa shape index (κ1) is 16.3. The van der Waals surface area contributed by atoms with Crippen molar-refractivity contribution in [1.82, 2.24) is 5.32 Å². The molecule has 0 saturated carbocycles. The van der Waals surface area contributed by atoms with E-state index < -0.39 is 0 Å². The molecule has 0 saturated heterocycles. The number of hydrogen-bond acceptors (Lipinski definition) is 2. The normalized spacial score (nSPS) is 12.2. The van der Waals surface area contributed by atoms with Gasteiger partial charge in [-0.3, -0.25) is 0 Å². The lowest BCUT2D eigenvalue weighted by molar-refractivity contribution is 0.476. The molecule has 2 aromatic carbocycles. The summed E-state index contributed by atoms with van der Waals surface area (Å²) in [6.45, 7) is 5.33. The van der Waals surface area contributed by atoms with Gasteiger partial charge in [0.15, 0.2) is 0 Å². The summed E-state index contributed by atoms with van der Waals surface area (Å²) in [5, 5.41) is 4.16. The molecule has 0 fully saturated rings. The van der Waals surface area contributed by atoms with E-state index >= 15 is 0 Å². The lowest BCUT2D eigenvalue weighted by Gasteiger charge is -2.15. The summed E-state index contributed by atoms with van der Waals surface area (Å²) in [7, 11) is 0. The van der Waals surface area contributed by atoms with Crippen molar-refractivity contribution in [2.45, 2.75) is 26.3 Å². The van der Waals surface area contributed by atoms with Crippen molar-refractivity contribution in [2.75, 3.05) is 6.54 Å². The average Bonchev–Trinajstić information content (AvgIpc) is 2.48. The Kier molecular flexibility index (Phi) is 6.09. The number of hydrogen-bond donors (Lipinski definition) is 1. The minimum atomic E-state index is 0.308. The van der Waals surface area contributed by atoms with E-state index in [-0.39, 0.29) is 0 Å². The van der Waals surface area contributed by atoms with E-state index in [1.807, 2.05) is 30.3 Å². The molecule has 112 valence electrons. The third kappa shape index (κ3) is 4.73. The van der Waals surface area contributed by atoms with Gasteiger partial charge in [-0.25, -0.2) is 0 Å². The first-order valence-corrected chi connectivity index (χ1v) is 8.23. The van der Waals surface area contributed by atoms with Crippen LogP contribution in [0.4, 0.5) is 0 Å². The summed E-state index contributed by atoms with van der Waals surface area (Å²) in [6, 6.07) is 13.9. The lowest BCUT2D eigenvalue weighted by Crippen LogP contribution is -2.19. The zero-order valence-corrected chi connectivity index (χ0v) is 14.5. The fourth-order valence-corrected chi connectivity index (χ4v) is 2.77. The highest BCUT2D eigenvalue weighted by Gasteiger charge is 2.07. The topological polar surface area (TPSA) is 21.3 Å². The number of rotatable bonds is 6. The van der Waals surface area contributed by atoms with Crippen LogP contribution in [0.2, 0.25) is 5.02 Å². The number of halogens is 2. The van der Waals surface area contributed by atoms with Gasteiger partial charge in [0.25, 0.3) is 0 Å². The summed E-state index contributed by atoms with van der Waals surface area (Å²) in [5.41, 5.74) is 1.21. The van der Waals surface area contributed by atoms with E-state index in [2.05, 4.69) is 47.2 Å². The molecule has 2 rings (SSSR count). The van der Waals surface area contributed by atoms with E-state index in [0.717, 1.165) is 28.9 Å². The van der Waals surface area contributed by atoms with Crippen LogP contribution < -0.4 is 10.1 Å². The molecule has 0 aliphatic carbocycles. The van der Waals surface area contributed by atoms with Crippen LogP contribution in [0.25, 0.3) is 0 Å². The Balaban J connectivity index is 2.13. The summed E-state index contributed by atoms with van der Waals surface area (Å²) < 4.78 is 6.77. The molecule has 0 amide bonds. The summed E-state index contributed by atoms with van der Waals surface area (Å²) in [6.07, 6.45) is 1.12. The molecule has 1 atom stereocenters. The van der Waals surface area contributed by atoms with Crippen molar-refractivity contribution >= 4 is 27.5 Å². The first-order chi connectivity index (χ1) is 10.1. The maximum Gasteiger partial charge on any atom is 0.141 e. The molecule has 0 radical (unpaired) electrons. The predicted octanol–water partition coefficient (Wildman–Crippen LogP) is 5.96. The van der Waals surface area contributed by atoms with Crippen molar-refractivity contribution in [1.29, 1.82) is 0 Å². The average molecular weight is 369 g/mol. The fraction of sp³-hybridized carbons (Fsp3) is 0.294. The van der Waals surface area contributed by atoms with Crippen molar-refractivity contribution in [2.24, 2.45) is 0 Å². The zero-order valence-electron chi connectivity index (χ0n) is 12.2. The van der Waals surface area contributed by atoms with E-state index in [9.17, 15) is 0 Å². The lowest BCUT2D eigenvalue weighted by atomic mass is 10.1. The molecule has 2 nitrogen and oxygen atoms in total. The van der Waals surface area contributed by atoms with Gasteiger partial charge in [-0.1, -0.05) is 30.7 Å². The Morgan fingerprint density at radius 3 is 2.76 bits per heavy atom. The first-order valence-electron chi connectivity index (χ1n) is 7.06. The quantitative estimate of drug-likeness (QED) is 0.679. The van der Waals surface area contributed by atoms with Crippen LogP contribution in [0, 0.1) is 0 Å². The smallest absolute Gasteiger partial charge is 0.141 e. The monoisotopic (exact) mass is 367 g/mol. The summed E-state index contributed by atoms with van der Waals surface area (Å²) in [5.74, 6) is 1.58. The molecule has 0 aliphatic rings. The second-order valence-corrected chi connectivity index (χ2v) is 6.22. The van der Waals surface area contributed by atoms with Gasteiger partial charge in [0.2, 0.25) is 0 Å². The molecule has 21 heavy (non-hydrogen) atoms. The van der Waals surface area contributed by atoms with Crippen LogP contribution in [0.15, 0.2) is 46.9 Å². The minimum Gasteiger partial charge on any atom is -0.456 e. The van der Waals surface area contributed by atoms with Crippen LogP contribution in [-0.2, 0) is 0 Å². The van der Waals surface area contributed by atoms with E-state index in [1.54, 1.807) is 0 Å². The fourth-order valence-electron chi connectivity index (χ4n) is 2.01. The largest absolute Gasteiger partial charge is 0.456 e. The highest BCUT2D eigenvalue weighted by Crippen LogP contribution is 2.32. The highest BCUT2D eigenvalue weighted by molar-refractivity contribution is 9.10. The summed E-state index contributed by atoms with van der Waals surface area (Å²) >= 11 is 9.41. The van der Waals surface area contributed by atoms with Gasteiger partial charge in [-0.15, -0.1) is 0 Å². The molecular weight excluding hydrogens is 350 g/mol. The Morgan fingerprint density at radius 2 is 2.05 bits per heavy atom. The molecular formula is C17H19BrClNO. The number of nitrogens with one attached hydrogen (secondary N) is 1. The van der Waals surface area contributed by atoms with Crippen LogP contribution in [0.1, 0.15) is 31.9 Å². The van der Waals surface area contributed by atoms with E-state index in [1.165, 1.54) is 5.56 Å². The van der Waals surface area contributed by atoms with Gasteiger partial charge < -0.3 is 10.1 Å². The third-order valence-electron chi connectivity index (χ3n) is 3.18. The molecule has 0 spiro atoms. The molecule has 0 aliphatic heterocycles. The zero-order chi connectivity index (χ0) is 15.2. The van der Waals surface area contributed by atoms with E-state index in [4.69, 9.17) is 16.3 Å². The predicted molar refractivity (Wildman–Crippen MR) is 92.4 cm³/mol. The molecule has 2 aromatic rings. The summed E-state index contributed by atoms with van der Waals surface area (Å²) in [4.78, 5) is 0. The number of benzene rings is 2.